The van der Waals surface area contributed by atoms with E-state index in [-0.39, 0.29) is 0 Å². The van der Waals surface area contributed by atoms with Gasteiger partial charge >= 0.3 is 0 Å². The molecule has 0 unspecified atom stereocenters. The van der Waals surface area contributed by atoms with Crippen molar-refractivity contribution in [2.24, 2.45) is 5.10 Å². The van der Waals surface area contributed by atoms with E-state index in [1.165, 1.54) is 0 Å². The predicted octanol–water partition coefficient (Wildman–Crippen LogP) is 0.0483. The number of carbonyl (C=O) groups is 1. The number of hydrogen-bond acceptors (Lipinski definition) is 3. The van der Waals surface area contributed by atoms with E-state index in [2.05, 4.69) is 10.5 Å². The molecule has 0 aromatic heterocycles. The maximum Gasteiger partial charge on any atom is 0.166 e. The summed E-state index contributed by atoms with van der Waals surface area (Å²) >= 11 is 0. The first kappa shape index (κ1) is 5.03. The summed E-state index contributed by atoms with van der Waals surface area (Å²) in [6, 6.07) is 0. The van der Waals surface area contributed by atoms with E-state index in [9.17, 15) is 4.79 Å². The fraction of sp³-hybridized carbons (Fsp3) is 0.200. The molecule has 1 aliphatic rings. The summed E-state index contributed by atoms with van der Waals surface area (Å²) in [6.07, 6.45) is 4.94. The first-order chi connectivity index (χ1) is 3.93. The van der Waals surface area contributed by atoms with Gasteiger partial charge < -0.3 is 0 Å². The minimum Gasteiger partial charge on any atom is -0.296 e. The molecule has 0 atom stereocenters. The van der Waals surface area contributed by atoms with Crippen LogP contribution in [0.5, 0.6) is 0 Å². The smallest absolute Gasteiger partial charge is 0.166 e. The van der Waals surface area contributed by atoms with E-state index in [1.54, 1.807) is 6.20 Å². The number of carbonyl (C=O) groups excluding carboxylic acids is 1. The van der Waals surface area contributed by atoms with Crippen LogP contribution in [0.1, 0.15) is 6.42 Å². The molecule has 1 N–H and O–H groups in total. The second-order valence-electron chi connectivity index (χ2n) is 1.46. The average Bonchev–Trinajstić information content (AvgIpc) is 1.90. The summed E-state index contributed by atoms with van der Waals surface area (Å²) in [4.78, 5) is 9.96. The van der Waals surface area contributed by atoms with E-state index in [1.807, 2.05) is 6.08 Å². The summed E-state index contributed by atoms with van der Waals surface area (Å²) in [5.74, 6) is 0. The van der Waals surface area contributed by atoms with Gasteiger partial charge in [0.05, 0.1) is 0 Å². The molecule has 0 aromatic rings. The Morgan fingerprint density at radius 2 is 2.75 bits per heavy atom. The lowest BCUT2D eigenvalue weighted by molar-refractivity contribution is -0.102. The van der Waals surface area contributed by atoms with Crippen molar-refractivity contribution in [1.82, 2.24) is 5.43 Å². The van der Waals surface area contributed by atoms with E-state index in [0.717, 1.165) is 6.29 Å². The Kier molecular flexibility index (Phi) is 1.42. The second-order valence-corrected chi connectivity index (χ2v) is 1.46. The normalized spacial score (nSPS) is 16.8. The summed E-state index contributed by atoms with van der Waals surface area (Å²) in [5, 5.41) is 3.66. The molecular weight excluding hydrogens is 104 g/mol. The zero-order valence-electron chi connectivity index (χ0n) is 4.29. The summed E-state index contributed by atoms with van der Waals surface area (Å²) in [5.41, 5.74) is 3.11. The number of hydrazone groups is 1. The molecule has 1 aliphatic heterocycles. The van der Waals surface area contributed by atoms with Crippen LogP contribution in [0.25, 0.3) is 0 Å². The van der Waals surface area contributed by atoms with Gasteiger partial charge in [-0.2, -0.15) is 5.10 Å². The fourth-order valence-electron chi connectivity index (χ4n) is 0.473. The molecule has 42 valence electrons. The zero-order chi connectivity index (χ0) is 5.82. The Labute approximate surface area is 47.1 Å². The van der Waals surface area contributed by atoms with Gasteiger partial charge in [-0.05, 0) is 0 Å². The Morgan fingerprint density at radius 1 is 1.88 bits per heavy atom. The van der Waals surface area contributed by atoms with Crippen molar-refractivity contribution >= 4 is 12.0 Å². The molecule has 1 heterocycles. The first-order valence-electron chi connectivity index (χ1n) is 2.36. The highest BCUT2D eigenvalue weighted by Crippen LogP contribution is 1.89. The van der Waals surface area contributed by atoms with Gasteiger partial charge in [0.2, 0.25) is 0 Å². The fourth-order valence-corrected chi connectivity index (χ4v) is 0.473. The van der Waals surface area contributed by atoms with Crippen LogP contribution in [0, 0.1) is 0 Å². The lowest BCUT2D eigenvalue weighted by atomic mass is 10.3. The third kappa shape index (κ3) is 0.932. The minimum absolute atomic E-state index is 0.549. The minimum atomic E-state index is 0.549. The lowest BCUT2D eigenvalue weighted by Crippen LogP contribution is -2.09. The van der Waals surface area contributed by atoms with Crippen molar-refractivity contribution < 1.29 is 4.79 Å². The molecule has 0 aromatic carbocycles. The van der Waals surface area contributed by atoms with Crippen LogP contribution in [0.15, 0.2) is 17.4 Å². The molecule has 0 fully saturated rings. The van der Waals surface area contributed by atoms with Gasteiger partial charge in [-0.3, -0.25) is 10.2 Å². The molecule has 3 heteroatoms. The Morgan fingerprint density at radius 3 is 3.12 bits per heavy atom. The second kappa shape index (κ2) is 2.26. The highest BCUT2D eigenvalue weighted by Gasteiger charge is 1.94. The van der Waals surface area contributed by atoms with Gasteiger partial charge in [0.1, 0.15) is 5.71 Å². The third-order valence-electron chi connectivity index (χ3n) is 0.864. The SMILES string of the molecule is O=CC1=NNC=CC1. The number of nitrogens with zero attached hydrogens (tertiary/aromatic N) is 1. The molecule has 1 rings (SSSR count). The number of nitrogens with one attached hydrogen (secondary N) is 1. The number of rotatable bonds is 1. The van der Waals surface area contributed by atoms with Crippen molar-refractivity contribution in [2.45, 2.75) is 6.42 Å². The van der Waals surface area contributed by atoms with Crippen LogP contribution in [0.3, 0.4) is 0 Å². The van der Waals surface area contributed by atoms with E-state index in [0.29, 0.717) is 12.1 Å². The van der Waals surface area contributed by atoms with E-state index >= 15 is 0 Å². The summed E-state index contributed by atoms with van der Waals surface area (Å²) in [7, 11) is 0. The molecule has 0 bridgehead atoms. The number of hydrogen-bond donors (Lipinski definition) is 1. The molecule has 0 saturated heterocycles. The average molecular weight is 110 g/mol. The summed E-state index contributed by atoms with van der Waals surface area (Å²) < 4.78 is 0. The van der Waals surface area contributed by atoms with Gasteiger partial charge in [-0.1, -0.05) is 6.08 Å². The third-order valence-corrected chi connectivity index (χ3v) is 0.864. The number of aldehydes is 1. The quantitative estimate of drug-likeness (QED) is 0.484. The van der Waals surface area contributed by atoms with Crippen molar-refractivity contribution in [3.8, 4) is 0 Å². The maximum absolute atomic E-state index is 9.96. The monoisotopic (exact) mass is 110 g/mol. The van der Waals surface area contributed by atoms with Gasteiger partial charge in [0.25, 0.3) is 0 Å². The Bertz CT molecular complexity index is 149. The highest BCUT2D eigenvalue weighted by molar-refractivity contribution is 6.28. The van der Waals surface area contributed by atoms with Crippen LogP contribution >= 0.6 is 0 Å². The van der Waals surface area contributed by atoms with Crippen LogP contribution in [-0.4, -0.2) is 12.0 Å². The molecule has 0 spiro atoms. The van der Waals surface area contributed by atoms with Crippen LogP contribution in [0.4, 0.5) is 0 Å². The summed E-state index contributed by atoms with van der Waals surface area (Å²) in [6.45, 7) is 0. The van der Waals surface area contributed by atoms with Gasteiger partial charge in [0.15, 0.2) is 6.29 Å². The van der Waals surface area contributed by atoms with Crippen molar-refractivity contribution in [3.63, 3.8) is 0 Å². The molecule has 3 nitrogen and oxygen atoms in total. The Hall–Kier alpha value is -1.12. The molecule has 0 radical (unpaired) electrons. The molecule has 0 amide bonds. The van der Waals surface area contributed by atoms with Gasteiger partial charge in [-0.25, -0.2) is 0 Å². The first-order valence-corrected chi connectivity index (χ1v) is 2.36. The zero-order valence-corrected chi connectivity index (χ0v) is 4.29. The molecule has 0 saturated carbocycles. The van der Waals surface area contributed by atoms with Crippen molar-refractivity contribution in [2.75, 3.05) is 0 Å². The standard InChI is InChI=1S/C5H6N2O/c8-4-5-2-1-3-6-7-5/h1,3-4,6H,2H2. The molecule has 0 aliphatic carbocycles. The van der Waals surface area contributed by atoms with Gasteiger partial charge in [0, 0.05) is 12.6 Å². The lowest BCUT2D eigenvalue weighted by Gasteiger charge is -1.98. The maximum atomic E-state index is 9.96. The van der Waals surface area contributed by atoms with Gasteiger partial charge in [-0.15, -0.1) is 0 Å². The van der Waals surface area contributed by atoms with Crippen molar-refractivity contribution in [1.29, 1.82) is 0 Å². The largest absolute Gasteiger partial charge is 0.296 e. The topological polar surface area (TPSA) is 41.5 Å². The van der Waals surface area contributed by atoms with E-state index < -0.39 is 0 Å². The van der Waals surface area contributed by atoms with Crippen LogP contribution in [-0.2, 0) is 4.79 Å². The van der Waals surface area contributed by atoms with Crippen LogP contribution in [0.2, 0.25) is 0 Å². The van der Waals surface area contributed by atoms with E-state index in [4.69, 9.17) is 0 Å². The molecular formula is C5H6N2O. The van der Waals surface area contributed by atoms with Crippen LogP contribution < -0.4 is 5.43 Å². The number of allylic oxidation sites excluding steroid dienone is 1. The highest BCUT2D eigenvalue weighted by atomic mass is 16.1. The Balaban J connectivity index is 2.55. The molecule has 8 heavy (non-hydrogen) atoms. The van der Waals surface area contributed by atoms with Crippen molar-refractivity contribution in [3.05, 3.63) is 12.3 Å². The predicted molar refractivity (Wildman–Crippen MR) is 30.4 cm³/mol.